The van der Waals surface area contributed by atoms with E-state index in [1.54, 1.807) is 10.9 Å². The smallest absolute Gasteiger partial charge is 0.247 e. The van der Waals surface area contributed by atoms with Gasteiger partial charge in [0.15, 0.2) is 0 Å². The van der Waals surface area contributed by atoms with Crippen molar-refractivity contribution in [2.24, 2.45) is 0 Å². The Bertz CT molecular complexity index is 721. The van der Waals surface area contributed by atoms with Crippen LogP contribution in [0.15, 0.2) is 24.5 Å². The lowest BCUT2D eigenvalue weighted by Crippen LogP contribution is -2.50. The van der Waals surface area contributed by atoms with Crippen molar-refractivity contribution in [2.45, 2.75) is 19.9 Å². The number of amides is 1. The number of carbonyl (C=O) groups is 1. The zero-order valence-corrected chi connectivity index (χ0v) is 15.3. The highest BCUT2D eigenvalue weighted by Gasteiger charge is 2.26. The molecule has 0 radical (unpaired) electrons. The SMILES string of the molecule is Cc1nc(N(C)C)cc(N2CCN(C(=O)C(C)n3cccn3)CC2)n1. The van der Waals surface area contributed by atoms with Crippen LogP contribution in [0, 0.1) is 6.92 Å². The molecule has 2 aromatic rings. The van der Waals surface area contributed by atoms with Gasteiger partial charge in [0.25, 0.3) is 0 Å². The van der Waals surface area contributed by atoms with E-state index in [-0.39, 0.29) is 11.9 Å². The number of hydrogen-bond donors (Lipinski definition) is 0. The van der Waals surface area contributed by atoms with E-state index in [4.69, 9.17) is 0 Å². The molecule has 3 rings (SSSR count). The Morgan fingerprint density at radius 3 is 2.52 bits per heavy atom. The highest BCUT2D eigenvalue weighted by atomic mass is 16.2. The maximum absolute atomic E-state index is 12.7. The normalized spacial score (nSPS) is 16.0. The van der Waals surface area contributed by atoms with E-state index in [0.29, 0.717) is 13.1 Å². The number of hydrogen-bond acceptors (Lipinski definition) is 6. The van der Waals surface area contributed by atoms with Gasteiger partial charge in [0.1, 0.15) is 23.5 Å². The standard InChI is InChI=1S/C17H25N7O/c1-13(24-7-5-6-18-24)17(25)23-10-8-22(9-11-23)16-12-15(21(3)4)19-14(2)20-16/h5-7,12-13H,8-11H2,1-4H3. The number of nitrogens with zero attached hydrogens (tertiary/aromatic N) is 7. The van der Waals surface area contributed by atoms with Gasteiger partial charge in [-0.3, -0.25) is 9.48 Å². The first-order valence-electron chi connectivity index (χ1n) is 8.51. The molecule has 1 aliphatic rings. The van der Waals surface area contributed by atoms with Crippen LogP contribution in [0.1, 0.15) is 18.8 Å². The van der Waals surface area contributed by atoms with Crippen molar-refractivity contribution in [2.75, 3.05) is 50.1 Å². The van der Waals surface area contributed by atoms with Gasteiger partial charge < -0.3 is 14.7 Å². The summed E-state index contributed by atoms with van der Waals surface area (Å²) in [5, 5.41) is 4.17. The summed E-state index contributed by atoms with van der Waals surface area (Å²) in [7, 11) is 3.94. The zero-order chi connectivity index (χ0) is 18.0. The third kappa shape index (κ3) is 3.72. The molecule has 25 heavy (non-hydrogen) atoms. The Hall–Kier alpha value is -2.64. The van der Waals surface area contributed by atoms with Gasteiger partial charge in [0.2, 0.25) is 5.91 Å². The minimum atomic E-state index is -0.275. The van der Waals surface area contributed by atoms with Gasteiger partial charge in [0, 0.05) is 58.7 Å². The molecular formula is C17H25N7O. The lowest BCUT2D eigenvalue weighted by atomic mass is 10.2. The predicted octanol–water partition coefficient (Wildman–Crippen LogP) is 0.957. The second-order valence-electron chi connectivity index (χ2n) is 6.50. The van der Waals surface area contributed by atoms with E-state index in [1.165, 1.54) is 0 Å². The molecule has 2 aromatic heterocycles. The Kier molecular flexibility index (Phi) is 4.87. The third-order valence-corrected chi connectivity index (χ3v) is 4.46. The van der Waals surface area contributed by atoms with Crippen LogP contribution in [-0.4, -0.2) is 70.8 Å². The van der Waals surface area contributed by atoms with Crippen LogP contribution in [0.25, 0.3) is 0 Å². The molecular weight excluding hydrogens is 318 g/mol. The lowest BCUT2D eigenvalue weighted by molar-refractivity contribution is -0.134. The van der Waals surface area contributed by atoms with E-state index in [2.05, 4.69) is 20.0 Å². The van der Waals surface area contributed by atoms with Crippen LogP contribution >= 0.6 is 0 Å². The molecule has 3 heterocycles. The predicted molar refractivity (Wildman–Crippen MR) is 96.8 cm³/mol. The number of carbonyl (C=O) groups excluding carboxylic acids is 1. The Morgan fingerprint density at radius 1 is 1.20 bits per heavy atom. The zero-order valence-electron chi connectivity index (χ0n) is 15.3. The van der Waals surface area contributed by atoms with Gasteiger partial charge in [-0.15, -0.1) is 0 Å². The first-order valence-corrected chi connectivity index (χ1v) is 8.51. The van der Waals surface area contributed by atoms with Crippen LogP contribution in [0.3, 0.4) is 0 Å². The molecule has 1 unspecified atom stereocenters. The summed E-state index contributed by atoms with van der Waals surface area (Å²) in [5.41, 5.74) is 0. The molecule has 1 atom stereocenters. The van der Waals surface area contributed by atoms with Crippen LogP contribution in [0.5, 0.6) is 0 Å². The molecule has 1 saturated heterocycles. The van der Waals surface area contributed by atoms with Crippen molar-refractivity contribution in [3.8, 4) is 0 Å². The number of aryl methyl sites for hydroxylation is 1. The summed E-state index contributed by atoms with van der Waals surface area (Å²) in [4.78, 5) is 27.7. The molecule has 0 N–H and O–H groups in total. The molecule has 1 amide bonds. The van der Waals surface area contributed by atoms with Crippen molar-refractivity contribution in [1.82, 2.24) is 24.6 Å². The molecule has 134 valence electrons. The summed E-state index contributed by atoms with van der Waals surface area (Å²) >= 11 is 0. The minimum Gasteiger partial charge on any atom is -0.363 e. The summed E-state index contributed by atoms with van der Waals surface area (Å²) in [5.74, 6) is 2.68. The number of anilines is 2. The molecule has 0 aromatic carbocycles. The van der Waals surface area contributed by atoms with Gasteiger partial charge in [-0.1, -0.05) is 0 Å². The van der Waals surface area contributed by atoms with Gasteiger partial charge in [-0.05, 0) is 19.9 Å². The van der Waals surface area contributed by atoms with Crippen LogP contribution in [0.4, 0.5) is 11.6 Å². The number of rotatable bonds is 4. The summed E-state index contributed by atoms with van der Waals surface area (Å²) < 4.78 is 1.70. The highest BCUT2D eigenvalue weighted by Crippen LogP contribution is 2.20. The quantitative estimate of drug-likeness (QED) is 0.823. The van der Waals surface area contributed by atoms with E-state index in [1.807, 2.05) is 56.1 Å². The van der Waals surface area contributed by atoms with E-state index in [9.17, 15) is 4.79 Å². The Morgan fingerprint density at radius 2 is 1.92 bits per heavy atom. The van der Waals surface area contributed by atoms with Gasteiger partial charge in [-0.25, -0.2) is 9.97 Å². The monoisotopic (exact) mass is 343 g/mol. The second kappa shape index (κ2) is 7.08. The van der Waals surface area contributed by atoms with Crippen LogP contribution < -0.4 is 9.80 Å². The summed E-state index contributed by atoms with van der Waals surface area (Å²) in [6.45, 7) is 6.69. The maximum atomic E-state index is 12.7. The van der Waals surface area contributed by atoms with Crippen molar-refractivity contribution >= 4 is 17.5 Å². The van der Waals surface area contributed by atoms with Crippen molar-refractivity contribution in [3.63, 3.8) is 0 Å². The third-order valence-electron chi connectivity index (χ3n) is 4.46. The molecule has 0 spiro atoms. The number of aromatic nitrogens is 4. The maximum Gasteiger partial charge on any atom is 0.247 e. The fourth-order valence-corrected chi connectivity index (χ4v) is 2.97. The molecule has 0 aliphatic carbocycles. The van der Waals surface area contributed by atoms with Crippen molar-refractivity contribution < 1.29 is 4.79 Å². The summed E-state index contributed by atoms with van der Waals surface area (Å²) in [6.07, 6.45) is 3.52. The molecule has 8 heteroatoms. The average Bonchev–Trinajstić information content (AvgIpc) is 3.14. The van der Waals surface area contributed by atoms with Crippen LogP contribution in [0.2, 0.25) is 0 Å². The van der Waals surface area contributed by atoms with Crippen LogP contribution in [-0.2, 0) is 4.79 Å². The molecule has 0 bridgehead atoms. The Balaban J connectivity index is 1.65. The first-order chi connectivity index (χ1) is 12.0. The van der Waals surface area contributed by atoms with Gasteiger partial charge >= 0.3 is 0 Å². The largest absolute Gasteiger partial charge is 0.363 e. The van der Waals surface area contributed by atoms with Crippen molar-refractivity contribution in [1.29, 1.82) is 0 Å². The number of piperazine rings is 1. The van der Waals surface area contributed by atoms with Gasteiger partial charge in [-0.2, -0.15) is 5.10 Å². The molecule has 1 aliphatic heterocycles. The molecule has 8 nitrogen and oxygen atoms in total. The topological polar surface area (TPSA) is 70.4 Å². The first kappa shape index (κ1) is 17.2. The average molecular weight is 343 g/mol. The minimum absolute atomic E-state index is 0.108. The molecule has 0 saturated carbocycles. The van der Waals surface area contributed by atoms with E-state index in [0.717, 1.165) is 30.5 Å². The Labute approximate surface area is 148 Å². The highest BCUT2D eigenvalue weighted by molar-refractivity contribution is 5.80. The molecule has 1 fully saturated rings. The fourth-order valence-electron chi connectivity index (χ4n) is 2.97. The second-order valence-corrected chi connectivity index (χ2v) is 6.50. The van der Waals surface area contributed by atoms with Gasteiger partial charge in [0.05, 0.1) is 0 Å². The van der Waals surface area contributed by atoms with Crippen molar-refractivity contribution in [3.05, 3.63) is 30.4 Å². The fraction of sp³-hybridized carbons (Fsp3) is 0.529. The van der Waals surface area contributed by atoms with E-state index >= 15 is 0 Å². The van der Waals surface area contributed by atoms with E-state index < -0.39 is 0 Å². The summed E-state index contributed by atoms with van der Waals surface area (Å²) in [6, 6.07) is 3.56. The lowest BCUT2D eigenvalue weighted by Gasteiger charge is -2.36.